The van der Waals surface area contributed by atoms with E-state index in [-0.39, 0.29) is 0 Å². The van der Waals surface area contributed by atoms with Gasteiger partial charge in [-0.25, -0.2) is 4.98 Å². The van der Waals surface area contributed by atoms with E-state index in [1.807, 2.05) is 29.8 Å². The quantitative estimate of drug-likeness (QED) is 0.598. The third-order valence-corrected chi connectivity index (χ3v) is 3.88. The number of benzene rings is 1. The van der Waals surface area contributed by atoms with Crippen molar-refractivity contribution in [1.29, 1.82) is 0 Å². The molecule has 1 aromatic heterocycles. The molecule has 112 valence electrons. The van der Waals surface area contributed by atoms with Crippen molar-refractivity contribution in [1.82, 2.24) is 9.88 Å². The number of nitrogens with two attached hydrogens (primary N) is 1. The molecule has 4 nitrogen and oxygen atoms in total. The zero-order valence-corrected chi connectivity index (χ0v) is 13.6. The van der Waals surface area contributed by atoms with Gasteiger partial charge in [-0.15, -0.1) is 11.3 Å². The lowest BCUT2D eigenvalue weighted by Gasteiger charge is -2.15. The molecule has 2 N–H and O–H groups in total. The van der Waals surface area contributed by atoms with Crippen molar-refractivity contribution < 1.29 is 4.74 Å². The van der Waals surface area contributed by atoms with Crippen molar-refractivity contribution in [3.63, 3.8) is 0 Å². The van der Waals surface area contributed by atoms with Gasteiger partial charge in [0.15, 0.2) is 0 Å². The molecular weight excluding hydrogens is 302 g/mol. The zero-order chi connectivity index (χ0) is 15.1. The first-order valence-electron chi connectivity index (χ1n) is 6.73. The summed E-state index contributed by atoms with van der Waals surface area (Å²) in [5, 5.41) is 2.08. The summed E-state index contributed by atoms with van der Waals surface area (Å²) in [6.07, 6.45) is 0.970. The second-order valence-corrected chi connectivity index (χ2v) is 5.97. The second-order valence-electron chi connectivity index (χ2n) is 4.81. The van der Waals surface area contributed by atoms with Crippen LogP contribution in [-0.2, 0) is 6.54 Å². The first-order valence-corrected chi connectivity index (χ1v) is 8.08. The number of nitrogens with zero attached hydrogens (tertiary/aromatic N) is 2. The van der Waals surface area contributed by atoms with Crippen molar-refractivity contribution in [3.05, 3.63) is 46.4 Å². The molecule has 21 heavy (non-hydrogen) atoms. The van der Waals surface area contributed by atoms with Gasteiger partial charge >= 0.3 is 0 Å². The number of aromatic nitrogens is 1. The summed E-state index contributed by atoms with van der Waals surface area (Å²) in [5.41, 5.74) is 9.40. The van der Waals surface area contributed by atoms with Crippen LogP contribution in [0.2, 0.25) is 0 Å². The van der Waals surface area contributed by atoms with Gasteiger partial charge in [0.1, 0.15) is 10.7 Å². The van der Waals surface area contributed by atoms with Crippen molar-refractivity contribution >= 4 is 28.5 Å². The molecule has 0 aliphatic rings. The molecule has 0 atom stereocenters. The van der Waals surface area contributed by atoms with Gasteiger partial charge < -0.3 is 15.4 Å². The molecule has 6 heteroatoms. The summed E-state index contributed by atoms with van der Waals surface area (Å²) in [7, 11) is 2.09. The summed E-state index contributed by atoms with van der Waals surface area (Å²) < 4.78 is 5.70. The van der Waals surface area contributed by atoms with Crippen LogP contribution in [0, 0.1) is 0 Å². The Hall–Kier alpha value is -1.50. The molecule has 0 saturated carbocycles. The SMILES string of the molecule is CN(CCCOc1ccc(C(N)=S)cc1)Cc1cscn1. The minimum absolute atomic E-state index is 0.408. The number of thiocarbonyl (C=S) groups is 1. The van der Waals surface area contributed by atoms with Gasteiger partial charge in [-0.05, 0) is 37.7 Å². The Morgan fingerprint density at radius 1 is 1.38 bits per heavy atom. The monoisotopic (exact) mass is 321 g/mol. The van der Waals surface area contributed by atoms with Crippen molar-refractivity contribution in [2.45, 2.75) is 13.0 Å². The maximum atomic E-state index is 5.70. The van der Waals surface area contributed by atoms with Gasteiger partial charge in [0, 0.05) is 24.0 Å². The molecule has 0 amide bonds. The number of ether oxygens (including phenoxy) is 1. The molecule has 0 fully saturated rings. The highest BCUT2D eigenvalue weighted by atomic mass is 32.1. The third kappa shape index (κ3) is 5.41. The molecular formula is C15H19N3OS2. The normalized spacial score (nSPS) is 10.8. The smallest absolute Gasteiger partial charge is 0.119 e. The first kappa shape index (κ1) is 15.9. The fourth-order valence-corrected chi connectivity index (χ4v) is 2.60. The molecule has 2 rings (SSSR count). The summed E-state index contributed by atoms with van der Waals surface area (Å²) in [4.78, 5) is 6.93. The maximum absolute atomic E-state index is 5.70. The highest BCUT2D eigenvalue weighted by Crippen LogP contribution is 2.12. The van der Waals surface area contributed by atoms with Crippen LogP contribution in [0.15, 0.2) is 35.2 Å². The Balaban J connectivity index is 1.66. The zero-order valence-electron chi connectivity index (χ0n) is 12.0. The Morgan fingerprint density at radius 2 is 2.14 bits per heavy atom. The van der Waals surface area contributed by atoms with Crippen molar-refractivity contribution in [2.75, 3.05) is 20.2 Å². The fourth-order valence-electron chi connectivity index (χ4n) is 1.91. The van der Waals surface area contributed by atoms with E-state index < -0.39 is 0 Å². The van der Waals surface area contributed by atoms with Gasteiger partial charge in [0.25, 0.3) is 0 Å². The first-order chi connectivity index (χ1) is 10.1. The topological polar surface area (TPSA) is 51.4 Å². The number of thiazole rings is 1. The third-order valence-electron chi connectivity index (χ3n) is 3.01. The van der Waals surface area contributed by atoms with Crippen LogP contribution in [0.25, 0.3) is 0 Å². The van der Waals surface area contributed by atoms with Gasteiger partial charge in [-0.1, -0.05) is 12.2 Å². The minimum atomic E-state index is 0.408. The van der Waals surface area contributed by atoms with Crippen molar-refractivity contribution in [3.8, 4) is 5.75 Å². The lowest BCUT2D eigenvalue weighted by molar-refractivity contribution is 0.257. The Kier molecular flexibility index (Phi) is 6.10. The maximum Gasteiger partial charge on any atom is 0.119 e. The Morgan fingerprint density at radius 3 is 2.76 bits per heavy atom. The van der Waals surface area contributed by atoms with Crippen LogP contribution in [0.3, 0.4) is 0 Å². The highest BCUT2D eigenvalue weighted by molar-refractivity contribution is 7.80. The summed E-state index contributed by atoms with van der Waals surface area (Å²) >= 11 is 6.54. The van der Waals surface area contributed by atoms with E-state index >= 15 is 0 Å². The number of rotatable bonds is 8. The molecule has 0 unspecified atom stereocenters. The molecule has 0 aliphatic carbocycles. The van der Waals surface area contributed by atoms with E-state index in [9.17, 15) is 0 Å². The van der Waals surface area contributed by atoms with Crippen LogP contribution in [0.1, 0.15) is 17.7 Å². The van der Waals surface area contributed by atoms with Crippen LogP contribution in [0.5, 0.6) is 5.75 Å². The molecule has 0 saturated heterocycles. The molecule has 0 radical (unpaired) electrons. The van der Waals surface area contributed by atoms with Crippen LogP contribution >= 0.6 is 23.6 Å². The molecule has 1 aromatic carbocycles. The average molecular weight is 321 g/mol. The largest absolute Gasteiger partial charge is 0.494 e. The Labute approximate surface area is 134 Å². The lowest BCUT2D eigenvalue weighted by atomic mass is 10.2. The van der Waals surface area contributed by atoms with Crippen molar-refractivity contribution in [2.24, 2.45) is 5.73 Å². The van der Waals surface area contributed by atoms with E-state index in [1.165, 1.54) is 0 Å². The van der Waals surface area contributed by atoms with E-state index in [0.717, 1.165) is 36.5 Å². The lowest BCUT2D eigenvalue weighted by Crippen LogP contribution is -2.20. The molecule has 0 aliphatic heterocycles. The number of hydrogen-bond donors (Lipinski definition) is 1. The number of hydrogen-bond acceptors (Lipinski definition) is 5. The van der Waals surface area contributed by atoms with Gasteiger partial charge in [0.05, 0.1) is 17.8 Å². The van der Waals surface area contributed by atoms with Gasteiger partial charge in [0.2, 0.25) is 0 Å². The van der Waals surface area contributed by atoms with E-state index in [2.05, 4.69) is 22.3 Å². The molecule has 0 bridgehead atoms. The van der Waals surface area contributed by atoms with Crippen LogP contribution in [0.4, 0.5) is 0 Å². The van der Waals surface area contributed by atoms with E-state index in [1.54, 1.807) is 11.3 Å². The summed E-state index contributed by atoms with van der Waals surface area (Å²) in [6, 6.07) is 7.55. The van der Waals surface area contributed by atoms with Gasteiger partial charge in [-0.2, -0.15) is 0 Å². The van der Waals surface area contributed by atoms with Gasteiger partial charge in [-0.3, -0.25) is 0 Å². The van der Waals surface area contributed by atoms with Crippen LogP contribution in [-0.4, -0.2) is 35.1 Å². The minimum Gasteiger partial charge on any atom is -0.494 e. The molecule has 0 spiro atoms. The standard InChI is InChI=1S/C15H19N3OS2/c1-18(9-13-10-21-11-17-13)7-2-8-19-14-5-3-12(4-6-14)15(16)20/h3-6,10-11H,2,7-9H2,1H3,(H2,16,20). The van der Waals surface area contributed by atoms with E-state index in [0.29, 0.717) is 11.6 Å². The van der Waals surface area contributed by atoms with Crippen LogP contribution < -0.4 is 10.5 Å². The summed E-state index contributed by atoms with van der Waals surface area (Å²) in [5.74, 6) is 0.845. The fraction of sp³-hybridized carbons (Fsp3) is 0.333. The molecule has 2 aromatic rings. The average Bonchev–Trinajstić information content (AvgIpc) is 2.97. The second kappa shape index (κ2) is 8.07. The predicted octanol–water partition coefficient (Wildman–Crippen LogP) is 2.68. The molecule has 1 heterocycles. The summed E-state index contributed by atoms with van der Waals surface area (Å²) in [6.45, 7) is 2.54. The predicted molar refractivity (Wildman–Crippen MR) is 90.9 cm³/mol. The Bertz CT molecular complexity index is 555. The van der Waals surface area contributed by atoms with E-state index in [4.69, 9.17) is 22.7 Å². The highest BCUT2D eigenvalue weighted by Gasteiger charge is 2.02.